The molecule has 7 aromatic heterocycles. The molecule has 10 aromatic carbocycles. The Morgan fingerprint density at radius 3 is 1.03 bits per heavy atom. The number of para-hydroxylation sites is 5. The lowest BCUT2D eigenvalue weighted by Gasteiger charge is -2.23. The number of carbonyl (C=O) groups is 3. The maximum atomic E-state index is 13.7. The minimum Gasteiger partial charge on any atom is -0.381 e. The Labute approximate surface area is 797 Å². The Balaban J connectivity index is 0.000000142. The molecule has 5 atom stereocenters. The Bertz CT molecular complexity index is 7630. The molecule has 674 valence electrons. The number of amides is 3. The van der Waals surface area contributed by atoms with E-state index in [1.165, 1.54) is 27.5 Å². The highest BCUT2D eigenvalue weighted by Gasteiger charge is 2.42. The van der Waals surface area contributed by atoms with E-state index in [4.69, 9.17) is 75.2 Å². The molecule has 22 nitrogen and oxygen atoms in total. The highest BCUT2D eigenvalue weighted by Crippen LogP contribution is 2.39. The van der Waals surface area contributed by atoms with Gasteiger partial charge in [-0.3, -0.25) is 61.2 Å². The summed E-state index contributed by atoms with van der Waals surface area (Å²) < 4.78 is 86.7. The van der Waals surface area contributed by atoms with E-state index >= 15 is 0 Å². The molecule has 17 aromatic rings. The number of nitrogens with two attached hydrogens (primary N) is 3. The van der Waals surface area contributed by atoms with Gasteiger partial charge in [0, 0.05) is 93.9 Å². The summed E-state index contributed by atoms with van der Waals surface area (Å²) in [6, 6.07) is 72.5. The van der Waals surface area contributed by atoms with Gasteiger partial charge in [0.15, 0.2) is 11.5 Å². The number of hydrogen-bond donors (Lipinski definition) is 6. The molecule has 0 aliphatic carbocycles. The highest BCUT2D eigenvalue weighted by atomic mass is 79.9. The molecule has 0 aliphatic heterocycles. The van der Waals surface area contributed by atoms with Crippen LogP contribution in [0.1, 0.15) is 104 Å². The van der Waals surface area contributed by atoms with Crippen LogP contribution in [0, 0.1) is 0 Å². The van der Waals surface area contributed by atoms with Crippen molar-refractivity contribution in [1.29, 1.82) is 0 Å². The molecule has 0 radical (unpaired) electrons. The quantitative estimate of drug-likeness (QED) is 0.0553. The monoisotopic (exact) mass is 2080 g/mol. The molecule has 17 rings (SSSR count). The number of alkyl halides is 6. The van der Waals surface area contributed by atoms with E-state index in [2.05, 4.69) is 63.2 Å². The van der Waals surface area contributed by atoms with Gasteiger partial charge in [0.1, 0.15) is 5.56 Å². The van der Waals surface area contributed by atoms with E-state index in [0.29, 0.717) is 84.7 Å². The molecular formula is C96H74Br3Cl5F6N14O8. The summed E-state index contributed by atoms with van der Waals surface area (Å²) in [5.41, 5.74) is 22.6. The minimum atomic E-state index is -5.04. The molecule has 0 fully saturated rings. The third-order valence-electron chi connectivity index (χ3n) is 20.9. The van der Waals surface area contributed by atoms with E-state index in [-0.39, 0.29) is 72.3 Å². The van der Waals surface area contributed by atoms with E-state index in [0.717, 1.165) is 38.0 Å². The molecule has 0 saturated heterocycles. The van der Waals surface area contributed by atoms with E-state index in [1.807, 2.05) is 152 Å². The van der Waals surface area contributed by atoms with Crippen LogP contribution in [-0.4, -0.2) is 67.5 Å². The molecule has 3 amide bonds. The molecule has 0 saturated carbocycles. The van der Waals surface area contributed by atoms with Crippen molar-refractivity contribution in [2.75, 3.05) is 5.73 Å². The second kappa shape index (κ2) is 41.1. The van der Waals surface area contributed by atoms with Gasteiger partial charge < -0.3 is 33.2 Å². The van der Waals surface area contributed by atoms with Crippen molar-refractivity contribution >= 4 is 189 Å². The fourth-order valence-electron chi connectivity index (χ4n) is 15.0. The molecular weight excluding hydrogens is 2010 g/mol. The lowest BCUT2D eigenvalue weighted by Crippen LogP contribution is -2.40. The van der Waals surface area contributed by atoms with Crippen LogP contribution in [0.5, 0.6) is 0 Å². The van der Waals surface area contributed by atoms with Crippen LogP contribution < -0.4 is 60.9 Å². The number of nitrogens with zero attached hydrogens (tertiary/aromatic N) is 8. The number of nitrogens with one attached hydrogen (secondary N) is 3. The summed E-state index contributed by atoms with van der Waals surface area (Å²) in [5.74, 6) is -4.56. The Morgan fingerprint density at radius 2 is 0.674 bits per heavy atom. The van der Waals surface area contributed by atoms with Crippen molar-refractivity contribution in [3.05, 3.63) is 398 Å². The smallest absolute Gasteiger partial charge is 0.381 e. The van der Waals surface area contributed by atoms with E-state index < -0.39 is 59.3 Å². The molecule has 0 aliphatic rings. The van der Waals surface area contributed by atoms with Crippen LogP contribution in [-0.2, 0) is 9.59 Å². The summed E-state index contributed by atoms with van der Waals surface area (Å²) in [6.07, 6.45) is -6.84. The number of anilines is 1. The third kappa shape index (κ3) is 20.3. The second-order valence-electron chi connectivity index (χ2n) is 29.8. The molecule has 0 unspecified atom stereocenters. The number of pyridine rings is 5. The first-order chi connectivity index (χ1) is 62.8. The molecule has 7 heterocycles. The summed E-state index contributed by atoms with van der Waals surface area (Å²) in [6.45, 7) is 8.27. The maximum absolute atomic E-state index is 13.7. The number of fused-ring (bicyclic) bond motifs is 6. The van der Waals surface area contributed by atoms with Gasteiger partial charge in [-0.05, 0) is 202 Å². The van der Waals surface area contributed by atoms with Gasteiger partial charge in [-0.25, -0.2) is 9.50 Å². The summed E-state index contributed by atoms with van der Waals surface area (Å²) >= 11 is 41.9. The normalized spacial score (nSPS) is 12.6. The van der Waals surface area contributed by atoms with Crippen molar-refractivity contribution in [2.45, 2.75) is 77.2 Å². The predicted molar refractivity (Wildman–Crippen MR) is 520 cm³/mol. The van der Waals surface area contributed by atoms with E-state index in [9.17, 15) is 64.7 Å². The van der Waals surface area contributed by atoms with Crippen molar-refractivity contribution in [1.82, 2.24) is 53.4 Å². The van der Waals surface area contributed by atoms with Gasteiger partial charge >= 0.3 is 24.2 Å². The fraction of sp³-hybridized carbons (Fsp3) is 0.125. The standard InChI is InChI=1S/C24H18BrClN6O2.C19H13BrClF3N2O2.C19H14ClF3N2O2.C17H14BrClN2O.C17H15ClN2O/c1-13(29-23(33)18-21(27)30-31-12-6-11-28-22(18)31)20-19(25)15-9-5-10-16(26)17(15)24(34)32(20)14-7-3-2-4-8-14;1-10(25-18(28)19(22,23)24)16-15(20)12-8-5-9-13(21)14(12)17(27)26(16)11-6-3-2-4-7-11;1-11(24-18(27)19(21,22)23)15-10-12-6-5-9-14(20)16(12)17(26)25(15)13-7-3-2-4-8-13;1-10(20)16-15(18)12-8-5-9-13(19)14(12)17(22)21(16)11-6-3-2-4-7-11;1-11(19)15-10-12-6-5-9-14(18)16(12)17(21)20(15)13-7-3-2-4-8-13/h2-13H,1H3,(H2,27,30)(H,29,33);2-10H,1H3,(H,25,28);2-11H,1H3,(H,24,27);2-10H,20H2,1H3;2-11H,19H2,1H3/t13-;10-;11-;10-;11-/m00000/s1. The lowest BCUT2D eigenvalue weighted by atomic mass is 10.1. The zero-order chi connectivity index (χ0) is 95.2. The zero-order valence-corrected chi connectivity index (χ0v) is 78.3. The number of aromatic nitrogens is 8. The number of carbonyl (C=O) groups excluding carboxylic acids is 3. The van der Waals surface area contributed by atoms with Crippen LogP contribution in [0.4, 0.5) is 32.2 Å². The van der Waals surface area contributed by atoms with Crippen molar-refractivity contribution in [2.24, 2.45) is 11.5 Å². The van der Waals surface area contributed by atoms with Crippen molar-refractivity contribution < 1.29 is 40.7 Å². The average molecular weight is 2080 g/mol. The SMILES string of the molecule is C[C@H](N)c1c(Br)c2cccc(Cl)c2c(=O)n1-c1ccccc1.C[C@H](N)c1cc2cccc(Cl)c2c(=O)n1-c1ccccc1.C[C@H](NC(=O)C(F)(F)F)c1c(Br)c2cccc(Cl)c2c(=O)n1-c1ccccc1.C[C@H](NC(=O)C(F)(F)F)c1cc2cccc(Cl)c2c(=O)n1-c1ccccc1.C[C@H](NC(=O)c1c(N)nn2cccnc12)c1c(Br)c2cccc(Cl)c2c(=O)n1-c1ccccc1. The number of hydrogen-bond acceptors (Lipinski definition) is 13. The minimum absolute atomic E-state index is 0.0632. The fourth-order valence-corrected chi connectivity index (χ4v) is 18.9. The first-order valence-corrected chi connectivity index (χ1v) is 44.3. The topological polar surface area (TPSA) is 306 Å². The summed E-state index contributed by atoms with van der Waals surface area (Å²) in [5, 5.41) is 17.6. The van der Waals surface area contributed by atoms with Crippen molar-refractivity contribution in [3.8, 4) is 28.4 Å². The third-order valence-corrected chi connectivity index (χ3v) is 25.0. The Kier molecular flexibility index (Phi) is 30.2. The highest BCUT2D eigenvalue weighted by molar-refractivity contribution is 9.11. The van der Waals surface area contributed by atoms with Crippen LogP contribution in [0.2, 0.25) is 25.1 Å². The van der Waals surface area contributed by atoms with Gasteiger partial charge in [0.05, 0.1) is 87.3 Å². The number of benzene rings is 10. The second-order valence-corrected chi connectivity index (χ2v) is 34.2. The zero-order valence-electron chi connectivity index (χ0n) is 69.7. The van der Waals surface area contributed by atoms with Crippen LogP contribution >= 0.6 is 106 Å². The molecule has 0 bridgehead atoms. The Morgan fingerprint density at radius 1 is 0.371 bits per heavy atom. The van der Waals surface area contributed by atoms with Gasteiger partial charge in [-0.15, -0.1) is 5.10 Å². The first kappa shape index (κ1) is 97.0. The molecule has 132 heavy (non-hydrogen) atoms. The lowest BCUT2D eigenvalue weighted by molar-refractivity contribution is -0.174. The van der Waals surface area contributed by atoms with Gasteiger partial charge in [0.25, 0.3) is 33.7 Å². The van der Waals surface area contributed by atoms with E-state index in [1.54, 1.807) is 166 Å². The van der Waals surface area contributed by atoms with Gasteiger partial charge in [-0.2, -0.15) is 26.3 Å². The predicted octanol–water partition coefficient (Wildman–Crippen LogP) is 22.1. The molecule has 36 heteroatoms. The largest absolute Gasteiger partial charge is 0.471 e. The molecule has 9 N–H and O–H groups in total. The van der Waals surface area contributed by atoms with Crippen LogP contribution in [0.3, 0.4) is 0 Å². The first-order valence-electron chi connectivity index (χ1n) is 40.0. The number of rotatable bonds is 14. The van der Waals surface area contributed by atoms with Gasteiger partial charge in [-0.1, -0.05) is 210 Å². The average Bonchev–Trinajstić information content (AvgIpc) is 0.956. The summed E-state index contributed by atoms with van der Waals surface area (Å²) in [4.78, 5) is 106. The number of halogens is 14. The van der Waals surface area contributed by atoms with Gasteiger partial charge in [0.2, 0.25) is 0 Å². The maximum Gasteiger partial charge on any atom is 0.471 e. The summed E-state index contributed by atoms with van der Waals surface area (Å²) in [7, 11) is 0. The van der Waals surface area contributed by atoms with Crippen LogP contribution in [0.15, 0.2) is 311 Å². The van der Waals surface area contributed by atoms with Crippen molar-refractivity contribution in [3.63, 3.8) is 0 Å². The Hall–Kier alpha value is -12.5. The van der Waals surface area contributed by atoms with Crippen LogP contribution in [0.25, 0.3) is 87.9 Å². The molecule has 0 spiro atoms. The number of nitrogen functional groups attached to an aromatic ring is 1.